The van der Waals surface area contributed by atoms with E-state index in [2.05, 4.69) is 19.9 Å². The van der Waals surface area contributed by atoms with Crippen LogP contribution >= 0.6 is 0 Å². The molecular weight excluding hydrogens is 162 g/mol. The monoisotopic (exact) mass is 179 g/mol. The second kappa shape index (κ2) is 3.77. The van der Waals surface area contributed by atoms with Gasteiger partial charge >= 0.3 is 0 Å². The molecule has 0 aliphatic carbocycles. The van der Waals surface area contributed by atoms with E-state index in [1.54, 1.807) is 0 Å². The normalized spacial score (nSPS) is 10.8. The Hall–Kier alpha value is -1.05. The third-order valence-electron chi connectivity index (χ3n) is 2.34. The summed E-state index contributed by atoms with van der Waals surface area (Å²) in [5.41, 5.74) is 3.15. The van der Waals surface area contributed by atoms with Gasteiger partial charge in [-0.15, -0.1) is 0 Å². The highest BCUT2D eigenvalue weighted by Gasteiger charge is 2.10. The van der Waals surface area contributed by atoms with Crippen LogP contribution in [0.25, 0.3) is 0 Å². The molecule has 13 heavy (non-hydrogen) atoms. The lowest BCUT2D eigenvalue weighted by atomic mass is 10.0. The maximum Gasteiger partial charge on any atom is 0.166 e. The minimum absolute atomic E-state index is 0.598. The molecule has 0 aromatic carbocycles. The number of aldehydes is 1. The van der Waals surface area contributed by atoms with Crippen molar-refractivity contribution in [1.82, 2.24) is 4.57 Å². The molecule has 0 N–H and O–H groups in total. The van der Waals surface area contributed by atoms with E-state index in [0.29, 0.717) is 5.92 Å². The van der Waals surface area contributed by atoms with E-state index >= 15 is 0 Å². The maximum absolute atomic E-state index is 10.8. The number of carbonyl (C=O) groups is 1. The van der Waals surface area contributed by atoms with E-state index in [0.717, 1.165) is 24.1 Å². The van der Waals surface area contributed by atoms with Crippen LogP contribution in [0.15, 0.2) is 6.07 Å². The smallest absolute Gasteiger partial charge is 0.166 e. The molecule has 0 radical (unpaired) electrons. The van der Waals surface area contributed by atoms with Crippen LogP contribution in [0.2, 0.25) is 0 Å². The first-order chi connectivity index (χ1) is 6.06. The van der Waals surface area contributed by atoms with Gasteiger partial charge in [-0.05, 0) is 30.9 Å². The van der Waals surface area contributed by atoms with Crippen LogP contribution in [0.3, 0.4) is 0 Å². The molecule has 0 fully saturated rings. The Kier molecular flexibility index (Phi) is 2.91. The van der Waals surface area contributed by atoms with E-state index in [1.807, 2.05) is 18.5 Å². The van der Waals surface area contributed by atoms with Gasteiger partial charge in [-0.25, -0.2) is 0 Å². The third-order valence-corrected chi connectivity index (χ3v) is 2.34. The van der Waals surface area contributed by atoms with Gasteiger partial charge in [0.25, 0.3) is 0 Å². The average Bonchev–Trinajstić information content (AvgIpc) is 2.27. The Bertz CT molecular complexity index is 310. The first kappa shape index (κ1) is 10.0. The van der Waals surface area contributed by atoms with Gasteiger partial charge in [0.2, 0.25) is 0 Å². The third kappa shape index (κ3) is 2.00. The van der Waals surface area contributed by atoms with Gasteiger partial charge in [-0.3, -0.25) is 4.79 Å². The molecule has 0 spiro atoms. The van der Waals surface area contributed by atoms with E-state index in [-0.39, 0.29) is 0 Å². The van der Waals surface area contributed by atoms with Crippen molar-refractivity contribution >= 4 is 6.29 Å². The van der Waals surface area contributed by atoms with Gasteiger partial charge in [0, 0.05) is 12.7 Å². The van der Waals surface area contributed by atoms with E-state index in [4.69, 9.17) is 0 Å². The van der Waals surface area contributed by atoms with Crippen molar-refractivity contribution in [2.45, 2.75) is 27.2 Å². The number of rotatable bonds is 3. The number of carbonyl (C=O) groups excluding carboxylic acids is 1. The van der Waals surface area contributed by atoms with Gasteiger partial charge in [0.05, 0.1) is 5.69 Å². The summed E-state index contributed by atoms with van der Waals surface area (Å²) in [6.07, 6.45) is 1.93. The van der Waals surface area contributed by atoms with Crippen molar-refractivity contribution in [2.24, 2.45) is 13.0 Å². The van der Waals surface area contributed by atoms with Crippen molar-refractivity contribution in [3.8, 4) is 0 Å². The molecule has 1 rings (SSSR count). The predicted molar refractivity (Wildman–Crippen MR) is 54.1 cm³/mol. The number of nitrogens with zero attached hydrogens (tertiary/aromatic N) is 1. The Balaban J connectivity index is 3.06. The zero-order valence-corrected chi connectivity index (χ0v) is 8.79. The average molecular weight is 179 g/mol. The minimum atomic E-state index is 0.598. The fourth-order valence-corrected chi connectivity index (χ4v) is 1.59. The summed E-state index contributed by atoms with van der Waals surface area (Å²) in [7, 11) is 1.93. The summed E-state index contributed by atoms with van der Waals surface area (Å²) >= 11 is 0. The molecule has 0 saturated carbocycles. The van der Waals surface area contributed by atoms with Crippen LogP contribution < -0.4 is 0 Å². The van der Waals surface area contributed by atoms with E-state index in [9.17, 15) is 4.79 Å². The van der Waals surface area contributed by atoms with Crippen molar-refractivity contribution in [3.63, 3.8) is 0 Å². The molecular formula is C11H17NO. The molecule has 1 aromatic heterocycles. The second-order valence-electron chi connectivity index (χ2n) is 3.97. The molecule has 0 aliphatic heterocycles. The topological polar surface area (TPSA) is 22.0 Å². The summed E-state index contributed by atoms with van der Waals surface area (Å²) in [6, 6.07) is 2.10. The fourth-order valence-electron chi connectivity index (χ4n) is 1.59. The molecule has 0 aliphatic rings. The highest BCUT2D eigenvalue weighted by Crippen LogP contribution is 2.16. The highest BCUT2D eigenvalue weighted by molar-refractivity contribution is 5.75. The fraction of sp³-hybridized carbons (Fsp3) is 0.545. The van der Waals surface area contributed by atoms with Crippen molar-refractivity contribution < 1.29 is 4.79 Å². The van der Waals surface area contributed by atoms with Gasteiger partial charge in [-0.1, -0.05) is 13.8 Å². The Morgan fingerprint density at radius 1 is 1.54 bits per heavy atom. The van der Waals surface area contributed by atoms with Gasteiger partial charge in [0.15, 0.2) is 6.29 Å². The zero-order valence-electron chi connectivity index (χ0n) is 8.79. The summed E-state index contributed by atoms with van der Waals surface area (Å²) in [6.45, 7) is 6.35. The number of hydrogen-bond acceptors (Lipinski definition) is 1. The van der Waals surface area contributed by atoms with E-state index < -0.39 is 0 Å². The molecule has 2 heteroatoms. The predicted octanol–water partition coefficient (Wildman–Crippen LogP) is 2.34. The van der Waals surface area contributed by atoms with Gasteiger partial charge < -0.3 is 4.57 Å². The largest absolute Gasteiger partial charge is 0.346 e. The lowest BCUT2D eigenvalue weighted by molar-refractivity contribution is 0.111. The number of aryl methyl sites for hydroxylation is 1. The van der Waals surface area contributed by atoms with Crippen LogP contribution in [-0.2, 0) is 13.5 Å². The Morgan fingerprint density at radius 3 is 2.62 bits per heavy atom. The lowest BCUT2D eigenvalue weighted by Gasteiger charge is -2.03. The summed E-state index contributed by atoms with van der Waals surface area (Å²) in [4.78, 5) is 10.8. The molecule has 1 heterocycles. The van der Waals surface area contributed by atoms with Crippen LogP contribution in [0, 0.1) is 12.8 Å². The summed E-state index contributed by atoms with van der Waals surface area (Å²) < 4.78 is 1.95. The molecule has 0 amide bonds. The molecule has 2 nitrogen and oxygen atoms in total. The first-order valence-corrected chi connectivity index (χ1v) is 4.66. The quantitative estimate of drug-likeness (QED) is 0.653. The molecule has 0 unspecified atom stereocenters. The molecule has 0 bridgehead atoms. The zero-order chi connectivity index (χ0) is 10.0. The summed E-state index contributed by atoms with van der Waals surface area (Å²) in [5, 5.41) is 0. The second-order valence-corrected chi connectivity index (χ2v) is 3.97. The van der Waals surface area contributed by atoms with Gasteiger partial charge in [-0.2, -0.15) is 0 Å². The first-order valence-electron chi connectivity index (χ1n) is 4.66. The van der Waals surface area contributed by atoms with Crippen molar-refractivity contribution in [1.29, 1.82) is 0 Å². The molecule has 0 atom stereocenters. The van der Waals surface area contributed by atoms with Crippen molar-refractivity contribution in [2.75, 3.05) is 0 Å². The number of hydrogen-bond donors (Lipinski definition) is 0. The van der Waals surface area contributed by atoms with Crippen LogP contribution in [0.1, 0.15) is 35.6 Å². The minimum Gasteiger partial charge on any atom is -0.346 e. The standard InChI is InChI=1S/C11H17NO/c1-8(2)5-10-6-9(3)12(4)11(10)7-13/h6-8H,5H2,1-4H3. The summed E-state index contributed by atoms with van der Waals surface area (Å²) in [5.74, 6) is 0.598. The van der Waals surface area contributed by atoms with E-state index in [1.165, 1.54) is 5.56 Å². The maximum atomic E-state index is 10.8. The Morgan fingerprint density at radius 2 is 2.15 bits per heavy atom. The Labute approximate surface area is 79.6 Å². The van der Waals surface area contributed by atoms with Crippen LogP contribution in [0.5, 0.6) is 0 Å². The number of aromatic nitrogens is 1. The molecule has 1 aromatic rings. The molecule has 0 saturated heterocycles. The lowest BCUT2D eigenvalue weighted by Crippen LogP contribution is -2.01. The van der Waals surface area contributed by atoms with Crippen molar-refractivity contribution in [3.05, 3.63) is 23.0 Å². The van der Waals surface area contributed by atoms with Crippen LogP contribution in [-0.4, -0.2) is 10.9 Å². The van der Waals surface area contributed by atoms with Crippen LogP contribution in [0.4, 0.5) is 0 Å². The van der Waals surface area contributed by atoms with Gasteiger partial charge in [0.1, 0.15) is 0 Å². The SMILES string of the molecule is Cc1cc(CC(C)C)c(C=O)n1C. The molecule has 72 valence electrons. The highest BCUT2D eigenvalue weighted by atomic mass is 16.1.